The van der Waals surface area contributed by atoms with E-state index in [0.717, 1.165) is 17.7 Å². The molecule has 4 nitrogen and oxygen atoms in total. The molecule has 22 heavy (non-hydrogen) atoms. The molecule has 2 rings (SSSR count). The molecule has 1 N–H and O–H groups in total. The maximum atomic E-state index is 13.6. The minimum absolute atomic E-state index is 0.0576. The van der Waals surface area contributed by atoms with Crippen molar-refractivity contribution in [3.8, 4) is 0 Å². The number of nitrogens with one attached hydrogen (secondary N) is 1. The lowest BCUT2D eigenvalue weighted by molar-refractivity contribution is 0.300. The lowest BCUT2D eigenvalue weighted by Crippen LogP contribution is -2.34. The van der Waals surface area contributed by atoms with Gasteiger partial charge in [0.1, 0.15) is 16.5 Å². The molecule has 1 aromatic carbocycles. The third kappa shape index (κ3) is 3.89. The molecule has 1 aromatic heterocycles. The fourth-order valence-corrected chi connectivity index (χ4v) is 3.85. The third-order valence-corrected chi connectivity index (χ3v) is 5.34. The topological polar surface area (TPSA) is 49.4 Å². The number of halogens is 2. The number of likely N-dealkylation sites (N-methyl/N-ethyl adjacent to an activating group) is 1. The van der Waals surface area contributed by atoms with E-state index < -0.39 is 26.6 Å². The zero-order chi connectivity index (χ0) is 16.3. The van der Waals surface area contributed by atoms with Crippen LogP contribution in [0.2, 0.25) is 0 Å². The van der Waals surface area contributed by atoms with E-state index >= 15 is 0 Å². The standard InChI is InChI=1S/C14H16F2N2O2S2/c1-18(2)13(10-5-6-21-9-10)8-17-22(19,20)14-7-11(15)3-4-12(14)16/h3-7,9,13,17H,8H2,1-2H3/t13-/m1/s1. The van der Waals surface area contributed by atoms with Crippen molar-refractivity contribution in [2.45, 2.75) is 10.9 Å². The molecule has 0 saturated heterocycles. The van der Waals surface area contributed by atoms with Crippen LogP contribution in [0, 0.1) is 11.6 Å². The number of sulfonamides is 1. The summed E-state index contributed by atoms with van der Waals surface area (Å²) in [4.78, 5) is 1.17. The van der Waals surface area contributed by atoms with Crippen LogP contribution in [0.25, 0.3) is 0 Å². The second-order valence-electron chi connectivity index (χ2n) is 4.96. The largest absolute Gasteiger partial charge is 0.301 e. The number of hydrogen-bond donors (Lipinski definition) is 1. The number of rotatable bonds is 6. The molecule has 8 heteroatoms. The van der Waals surface area contributed by atoms with Gasteiger partial charge in [0.25, 0.3) is 0 Å². The van der Waals surface area contributed by atoms with Gasteiger partial charge in [-0.3, -0.25) is 0 Å². The van der Waals surface area contributed by atoms with E-state index in [2.05, 4.69) is 4.72 Å². The van der Waals surface area contributed by atoms with Crippen LogP contribution in [0.15, 0.2) is 39.9 Å². The molecule has 0 radical (unpaired) electrons. The smallest absolute Gasteiger partial charge is 0.243 e. The molecule has 0 saturated carbocycles. The highest BCUT2D eigenvalue weighted by Crippen LogP contribution is 2.21. The summed E-state index contributed by atoms with van der Waals surface area (Å²) in [6, 6.07) is 4.05. The second kappa shape index (κ2) is 6.82. The molecule has 1 atom stereocenters. The summed E-state index contributed by atoms with van der Waals surface area (Å²) in [5, 5.41) is 3.81. The van der Waals surface area contributed by atoms with Crippen LogP contribution in [-0.2, 0) is 10.0 Å². The fraction of sp³-hybridized carbons (Fsp3) is 0.286. The van der Waals surface area contributed by atoms with Crippen LogP contribution in [0.1, 0.15) is 11.6 Å². The highest BCUT2D eigenvalue weighted by Gasteiger charge is 2.23. The lowest BCUT2D eigenvalue weighted by Gasteiger charge is -2.24. The Morgan fingerprint density at radius 1 is 1.27 bits per heavy atom. The molecule has 0 unspecified atom stereocenters. The van der Waals surface area contributed by atoms with E-state index in [0.29, 0.717) is 6.07 Å². The predicted octanol–water partition coefficient (Wildman–Crippen LogP) is 2.61. The van der Waals surface area contributed by atoms with E-state index in [9.17, 15) is 17.2 Å². The van der Waals surface area contributed by atoms with Gasteiger partial charge in [0.2, 0.25) is 10.0 Å². The quantitative estimate of drug-likeness (QED) is 0.875. The van der Waals surface area contributed by atoms with Crippen molar-refractivity contribution < 1.29 is 17.2 Å². The summed E-state index contributed by atoms with van der Waals surface area (Å²) in [6.45, 7) is 0.0576. The van der Waals surface area contributed by atoms with Crippen LogP contribution in [-0.4, -0.2) is 34.0 Å². The number of nitrogens with zero attached hydrogens (tertiary/aromatic N) is 1. The minimum atomic E-state index is -4.12. The van der Waals surface area contributed by atoms with Crippen molar-refractivity contribution in [1.29, 1.82) is 0 Å². The minimum Gasteiger partial charge on any atom is -0.301 e. The van der Waals surface area contributed by atoms with Gasteiger partial charge in [0.15, 0.2) is 0 Å². The van der Waals surface area contributed by atoms with Gasteiger partial charge in [-0.15, -0.1) is 0 Å². The molecule has 2 aromatic rings. The van der Waals surface area contributed by atoms with Crippen molar-refractivity contribution in [3.05, 3.63) is 52.2 Å². The van der Waals surface area contributed by atoms with Gasteiger partial charge < -0.3 is 4.90 Å². The Balaban J connectivity index is 2.20. The first-order chi connectivity index (χ1) is 10.3. The summed E-state index contributed by atoms with van der Waals surface area (Å²) < 4.78 is 53.5. The molecule has 120 valence electrons. The highest BCUT2D eigenvalue weighted by molar-refractivity contribution is 7.89. The molecule has 0 aliphatic heterocycles. The Bertz CT molecular complexity index is 731. The van der Waals surface area contributed by atoms with Crippen molar-refractivity contribution in [1.82, 2.24) is 9.62 Å². The first-order valence-electron chi connectivity index (χ1n) is 6.44. The first kappa shape index (κ1) is 17.0. The average molecular weight is 346 g/mol. The zero-order valence-electron chi connectivity index (χ0n) is 12.1. The molecular formula is C14H16F2N2O2S2. The van der Waals surface area contributed by atoms with Gasteiger partial charge in [-0.1, -0.05) is 0 Å². The van der Waals surface area contributed by atoms with Gasteiger partial charge in [0, 0.05) is 12.6 Å². The maximum Gasteiger partial charge on any atom is 0.243 e. The summed E-state index contributed by atoms with van der Waals surface area (Å²) in [5.74, 6) is -1.78. The first-order valence-corrected chi connectivity index (χ1v) is 8.87. The van der Waals surface area contributed by atoms with Crippen molar-refractivity contribution in [2.75, 3.05) is 20.6 Å². The van der Waals surface area contributed by atoms with E-state index in [-0.39, 0.29) is 12.6 Å². The van der Waals surface area contributed by atoms with E-state index in [1.807, 2.05) is 35.8 Å². The summed E-state index contributed by atoms with van der Waals surface area (Å²) in [7, 11) is -0.484. The third-order valence-electron chi connectivity index (χ3n) is 3.20. The molecule has 0 aliphatic carbocycles. The maximum absolute atomic E-state index is 13.6. The summed E-state index contributed by atoms with van der Waals surface area (Å²) >= 11 is 1.51. The van der Waals surface area contributed by atoms with Gasteiger partial charge in [0.05, 0.1) is 0 Å². The van der Waals surface area contributed by atoms with Gasteiger partial charge >= 0.3 is 0 Å². The summed E-state index contributed by atoms with van der Waals surface area (Å²) in [6.07, 6.45) is 0. The SMILES string of the molecule is CN(C)[C@H](CNS(=O)(=O)c1cc(F)ccc1F)c1ccsc1. The Kier molecular flexibility index (Phi) is 5.28. The van der Waals surface area contributed by atoms with Gasteiger partial charge in [-0.25, -0.2) is 21.9 Å². The van der Waals surface area contributed by atoms with Gasteiger partial charge in [-0.2, -0.15) is 11.3 Å². The molecule has 0 amide bonds. The van der Waals surface area contributed by atoms with Crippen LogP contribution >= 0.6 is 11.3 Å². The molecule has 1 heterocycles. The van der Waals surface area contributed by atoms with Crippen LogP contribution in [0.5, 0.6) is 0 Å². The van der Waals surface area contributed by atoms with E-state index in [1.54, 1.807) is 0 Å². The van der Waals surface area contributed by atoms with Crippen molar-refractivity contribution >= 4 is 21.4 Å². The van der Waals surface area contributed by atoms with Crippen molar-refractivity contribution in [3.63, 3.8) is 0 Å². The predicted molar refractivity (Wildman–Crippen MR) is 82.3 cm³/mol. The molecule has 0 bridgehead atoms. The number of hydrogen-bond acceptors (Lipinski definition) is 4. The van der Waals surface area contributed by atoms with E-state index in [1.165, 1.54) is 11.3 Å². The highest BCUT2D eigenvalue weighted by atomic mass is 32.2. The Labute approximate surface area is 132 Å². The van der Waals surface area contributed by atoms with Crippen LogP contribution in [0.3, 0.4) is 0 Å². The average Bonchev–Trinajstić information content (AvgIpc) is 2.95. The number of benzene rings is 1. The Hall–Kier alpha value is -1.35. The molecular weight excluding hydrogens is 330 g/mol. The van der Waals surface area contributed by atoms with Crippen LogP contribution in [0.4, 0.5) is 8.78 Å². The lowest BCUT2D eigenvalue weighted by atomic mass is 10.1. The van der Waals surface area contributed by atoms with Crippen molar-refractivity contribution in [2.24, 2.45) is 0 Å². The Morgan fingerprint density at radius 3 is 2.59 bits per heavy atom. The monoisotopic (exact) mass is 346 g/mol. The fourth-order valence-electron chi connectivity index (χ4n) is 2.01. The molecule has 0 aliphatic rings. The summed E-state index contributed by atoms with van der Waals surface area (Å²) in [5.41, 5.74) is 0.956. The normalized spacial score (nSPS) is 13.5. The molecule has 0 spiro atoms. The Morgan fingerprint density at radius 2 is 2.00 bits per heavy atom. The zero-order valence-corrected chi connectivity index (χ0v) is 13.7. The second-order valence-corrected chi connectivity index (χ2v) is 7.48. The van der Waals surface area contributed by atoms with Crippen LogP contribution < -0.4 is 4.72 Å². The van der Waals surface area contributed by atoms with E-state index in [4.69, 9.17) is 0 Å². The number of thiophene rings is 1. The molecule has 0 fully saturated rings. The van der Waals surface area contributed by atoms with Gasteiger partial charge in [-0.05, 0) is 54.7 Å².